The highest BCUT2D eigenvalue weighted by molar-refractivity contribution is 9.11. The van der Waals surface area contributed by atoms with E-state index in [1.54, 1.807) is 25.2 Å². The van der Waals surface area contributed by atoms with Gasteiger partial charge in [0.1, 0.15) is 5.54 Å². The van der Waals surface area contributed by atoms with E-state index in [0.717, 1.165) is 3.79 Å². The molecule has 0 amide bonds. The maximum Gasteiger partial charge on any atom is 0.323 e. The average molecular weight is 320 g/mol. The van der Waals surface area contributed by atoms with Crippen LogP contribution in [0.25, 0.3) is 0 Å². The summed E-state index contributed by atoms with van der Waals surface area (Å²) in [6, 6.07) is 4.09. The van der Waals surface area contributed by atoms with E-state index in [1.807, 2.05) is 6.07 Å². The molecular weight excluding hydrogens is 302 g/mol. The van der Waals surface area contributed by atoms with Gasteiger partial charge in [0.2, 0.25) is 0 Å². The number of thiophene rings is 1. The zero-order valence-corrected chi connectivity index (χ0v) is 12.9. The Labute approximate surface area is 114 Å². The van der Waals surface area contributed by atoms with Crippen LogP contribution in [0.2, 0.25) is 0 Å². The van der Waals surface area contributed by atoms with Gasteiger partial charge < -0.3 is 10.4 Å². The summed E-state index contributed by atoms with van der Waals surface area (Å²) in [5.41, 5.74) is -0.977. The molecule has 0 aliphatic heterocycles. The van der Waals surface area contributed by atoms with E-state index in [1.165, 1.54) is 4.88 Å². The Kier molecular flexibility index (Phi) is 4.38. The molecule has 1 aromatic heterocycles. The monoisotopic (exact) mass is 319 g/mol. The minimum Gasteiger partial charge on any atom is -0.480 e. The summed E-state index contributed by atoms with van der Waals surface area (Å²) in [4.78, 5) is 12.2. The highest BCUT2D eigenvalue weighted by Gasteiger charge is 2.30. The normalized spacial score (nSPS) is 12.8. The van der Waals surface area contributed by atoms with Gasteiger partial charge in [0, 0.05) is 16.8 Å². The molecule has 3 nitrogen and oxygen atoms in total. The lowest BCUT2D eigenvalue weighted by molar-refractivity contribution is -0.143. The van der Waals surface area contributed by atoms with Crippen LogP contribution in [0.1, 0.15) is 32.6 Å². The average Bonchev–Trinajstić information content (AvgIpc) is 2.63. The van der Waals surface area contributed by atoms with Crippen LogP contribution in [0, 0.1) is 0 Å². The molecule has 17 heavy (non-hydrogen) atoms. The summed E-state index contributed by atoms with van der Waals surface area (Å²) < 4.78 is 1.10. The Morgan fingerprint density at radius 3 is 2.41 bits per heavy atom. The zero-order valence-electron chi connectivity index (χ0n) is 10.5. The van der Waals surface area contributed by atoms with Crippen molar-refractivity contribution >= 4 is 33.2 Å². The molecule has 0 radical (unpaired) electrons. The van der Waals surface area contributed by atoms with Crippen molar-refractivity contribution in [3.63, 3.8) is 0 Å². The van der Waals surface area contributed by atoms with Crippen LogP contribution in [0.4, 0.5) is 0 Å². The van der Waals surface area contributed by atoms with Gasteiger partial charge in [-0.3, -0.25) is 4.79 Å². The Bertz CT molecular complexity index is 412. The predicted octanol–water partition coefficient (Wildman–Crippen LogP) is 3.24. The van der Waals surface area contributed by atoms with E-state index in [0.29, 0.717) is 6.54 Å². The molecule has 0 atom stereocenters. The fraction of sp³-hybridized carbons (Fsp3) is 0.583. The molecule has 0 aliphatic carbocycles. The highest BCUT2D eigenvalue weighted by Crippen LogP contribution is 2.32. The van der Waals surface area contributed by atoms with Crippen LogP contribution in [0.5, 0.6) is 0 Å². The van der Waals surface area contributed by atoms with Crippen LogP contribution in [-0.4, -0.2) is 23.2 Å². The van der Waals surface area contributed by atoms with Gasteiger partial charge in [-0.1, -0.05) is 13.8 Å². The van der Waals surface area contributed by atoms with Gasteiger partial charge in [-0.2, -0.15) is 0 Å². The molecule has 0 aliphatic rings. The van der Waals surface area contributed by atoms with Crippen molar-refractivity contribution in [2.45, 2.75) is 38.6 Å². The molecule has 5 heteroatoms. The molecule has 0 saturated heterocycles. The van der Waals surface area contributed by atoms with Crippen LogP contribution in [0.15, 0.2) is 15.9 Å². The zero-order chi connectivity index (χ0) is 13.3. The van der Waals surface area contributed by atoms with Crippen LogP contribution in [-0.2, 0) is 10.2 Å². The first-order chi connectivity index (χ1) is 7.65. The summed E-state index contributed by atoms with van der Waals surface area (Å²) >= 11 is 5.13. The van der Waals surface area contributed by atoms with E-state index in [9.17, 15) is 4.79 Å². The van der Waals surface area contributed by atoms with Crippen molar-refractivity contribution in [3.8, 4) is 0 Å². The number of carboxylic acids is 1. The first-order valence-electron chi connectivity index (χ1n) is 5.39. The number of carboxylic acid groups (broad SMARTS) is 1. The van der Waals surface area contributed by atoms with E-state index in [2.05, 4.69) is 41.2 Å². The fourth-order valence-electron chi connectivity index (χ4n) is 1.28. The molecule has 0 bridgehead atoms. The van der Waals surface area contributed by atoms with Crippen LogP contribution < -0.4 is 5.32 Å². The number of nitrogens with one attached hydrogen (secondary N) is 1. The van der Waals surface area contributed by atoms with Gasteiger partial charge in [0.15, 0.2) is 0 Å². The fourth-order valence-corrected chi connectivity index (χ4v) is 2.77. The van der Waals surface area contributed by atoms with E-state index in [4.69, 9.17) is 5.11 Å². The lowest BCUT2D eigenvalue weighted by atomic mass is 9.90. The standard InChI is InChI=1S/C12H18BrNO2S/c1-11(2,8-5-6-9(13)17-8)7-14-12(3,4)10(15)16/h5-6,14H,7H2,1-4H3,(H,15,16). The SMILES string of the molecule is CC(C)(NCC(C)(C)c1ccc(Br)s1)C(=O)O. The molecule has 96 valence electrons. The van der Waals surface area contributed by atoms with Crippen molar-refractivity contribution in [2.24, 2.45) is 0 Å². The minimum absolute atomic E-state index is 0.0800. The molecule has 2 N–H and O–H groups in total. The first kappa shape index (κ1) is 14.7. The van der Waals surface area contributed by atoms with Crippen LogP contribution in [0.3, 0.4) is 0 Å². The summed E-state index contributed by atoms with van der Waals surface area (Å²) in [7, 11) is 0. The minimum atomic E-state index is -0.897. The van der Waals surface area contributed by atoms with Crippen LogP contribution >= 0.6 is 27.3 Å². The third-order valence-electron chi connectivity index (χ3n) is 2.75. The molecular formula is C12H18BrNO2S. The number of hydrogen-bond donors (Lipinski definition) is 2. The second-order valence-electron chi connectivity index (χ2n) is 5.27. The third-order valence-corrected chi connectivity index (χ3v) is 4.74. The smallest absolute Gasteiger partial charge is 0.323 e. The third kappa shape index (κ3) is 3.79. The Balaban J connectivity index is 2.71. The van der Waals surface area contributed by atoms with E-state index < -0.39 is 11.5 Å². The Morgan fingerprint density at radius 2 is 2.00 bits per heavy atom. The van der Waals surface area contributed by atoms with Gasteiger partial charge in [-0.05, 0) is 41.9 Å². The van der Waals surface area contributed by atoms with Gasteiger partial charge in [0.25, 0.3) is 0 Å². The quantitative estimate of drug-likeness (QED) is 0.876. The molecule has 0 aromatic carbocycles. The van der Waals surface area contributed by atoms with Crippen molar-refractivity contribution in [1.29, 1.82) is 0 Å². The Morgan fingerprint density at radius 1 is 1.41 bits per heavy atom. The topological polar surface area (TPSA) is 49.3 Å². The number of hydrogen-bond acceptors (Lipinski definition) is 3. The number of rotatable bonds is 5. The molecule has 1 rings (SSSR count). The molecule has 0 fully saturated rings. The van der Waals surface area contributed by atoms with Gasteiger partial charge in [-0.25, -0.2) is 0 Å². The number of carbonyl (C=O) groups is 1. The van der Waals surface area contributed by atoms with E-state index in [-0.39, 0.29) is 5.41 Å². The Hall–Kier alpha value is -0.390. The second-order valence-corrected chi connectivity index (χ2v) is 7.73. The molecule has 1 heterocycles. The number of halogens is 1. The van der Waals surface area contributed by atoms with Crippen molar-refractivity contribution in [3.05, 3.63) is 20.8 Å². The maximum atomic E-state index is 11.0. The predicted molar refractivity (Wildman–Crippen MR) is 74.8 cm³/mol. The van der Waals surface area contributed by atoms with Crippen molar-refractivity contribution < 1.29 is 9.90 Å². The highest BCUT2D eigenvalue weighted by atomic mass is 79.9. The molecule has 0 saturated carbocycles. The largest absolute Gasteiger partial charge is 0.480 e. The summed E-state index contributed by atoms with van der Waals surface area (Å²) in [5.74, 6) is -0.833. The summed E-state index contributed by atoms with van der Waals surface area (Å²) in [5, 5.41) is 12.1. The lowest BCUT2D eigenvalue weighted by Gasteiger charge is -2.29. The van der Waals surface area contributed by atoms with E-state index >= 15 is 0 Å². The molecule has 0 spiro atoms. The first-order valence-corrected chi connectivity index (χ1v) is 7.00. The van der Waals surface area contributed by atoms with Gasteiger partial charge >= 0.3 is 5.97 Å². The molecule has 1 aromatic rings. The number of aliphatic carboxylic acids is 1. The lowest BCUT2D eigenvalue weighted by Crippen LogP contribution is -2.50. The van der Waals surface area contributed by atoms with Crippen molar-refractivity contribution in [2.75, 3.05) is 6.54 Å². The summed E-state index contributed by atoms with van der Waals surface area (Å²) in [6.07, 6.45) is 0. The second kappa shape index (κ2) is 5.08. The maximum absolute atomic E-state index is 11.0. The summed E-state index contributed by atoms with van der Waals surface area (Å²) in [6.45, 7) is 8.19. The van der Waals surface area contributed by atoms with Gasteiger partial charge in [-0.15, -0.1) is 11.3 Å². The van der Waals surface area contributed by atoms with Gasteiger partial charge in [0.05, 0.1) is 3.79 Å². The molecule has 0 unspecified atom stereocenters. The van der Waals surface area contributed by atoms with Crippen molar-refractivity contribution in [1.82, 2.24) is 5.32 Å².